The van der Waals surface area contributed by atoms with Crippen LogP contribution in [0.4, 0.5) is 10.1 Å². The molecule has 1 aromatic carbocycles. The van der Waals surface area contributed by atoms with Gasteiger partial charge >= 0.3 is 0 Å². The minimum atomic E-state index is -0.339. The Bertz CT molecular complexity index is 735. The molecule has 6 heteroatoms. The number of hydrogen-bond donors (Lipinski definition) is 0. The fourth-order valence-corrected chi connectivity index (χ4v) is 4.25. The highest BCUT2D eigenvalue weighted by Crippen LogP contribution is 2.26. The second kappa shape index (κ2) is 12.2. The lowest BCUT2D eigenvalue weighted by Gasteiger charge is -2.32. The van der Waals surface area contributed by atoms with Gasteiger partial charge in [-0.2, -0.15) is 0 Å². The zero-order valence-electron chi connectivity index (χ0n) is 20.0. The van der Waals surface area contributed by atoms with Crippen LogP contribution in [-0.4, -0.2) is 54.3 Å². The topological polar surface area (TPSA) is 43.9 Å². The fraction of sp³-hybridized carbons (Fsp3) is 0.680. The molecule has 0 fully saturated rings. The van der Waals surface area contributed by atoms with Crippen molar-refractivity contribution in [3.8, 4) is 0 Å². The van der Waals surface area contributed by atoms with Crippen LogP contribution in [0.15, 0.2) is 18.2 Å². The Morgan fingerprint density at radius 2 is 1.65 bits per heavy atom. The quantitative estimate of drug-likeness (QED) is 0.676. The van der Waals surface area contributed by atoms with Crippen LogP contribution in [0, 0.1) is 17.7 Å². The van der Waals surface area contributed by atoms with Gasteiger partial charge in [-0.3, -0.25) is 9.59 Å². The summed E-state index contributed by atoms with van der Waals surface area (Å²) in [6.07, 6.45) is 2.62. The van der Waals surface area contributed by atoms with Crippen LogP contribution in [0.3, 0.4) is 0 Å². The van der Waals surface area contributed by atoms with Crippen molar-refractivity contribution in [3.05, 3.63) is 29.6 Å². The molecule has 0 saturated carbocycles. The second-order valence-electron chi connectivity index (χ2n) is 9.49. The summed E-state index contributed by atoms with van der Waals surface area (Å²) < 4.78 is 14.2. The van der Waals surface area contributed by atoms with E-state index in [2.05, 4.69) is 18.7 Å². The van der Waals surface area contributed by atoms with Gasteiger partial charge in [0.2, 0.25) is 11.8 Å². The summed E-state index contributed by atoms with van der Waals surface area (Å²) in [7, 11) is 0. The summed E-state index contributed by atoms with van der Waals surface area (Å²) in [6, 6.07) is 4.60. The van der Waals surface area contributed by atoms with Crippen LogP contribution in [0.1, 0.15) is 65.9 Å². The summed E-state index contributed by atoms with van der Waals surface area (Å²) in [5, 5.41) is 0. The number of benzene rings is 1. The average Bonchev–Trinajstić information content (AvgIpc) is 2.68. The van der Waals surface area contributed by atoms with Gasteiger partial charge in [0, 0.05) is 44.7 Å². The highest BCUT2D eigenvalue weighted by molar-refractivity contribution is 5.94. The standard InChI is InChI=1S/C25H40FN3O2/c1-6-24(30)28-13-7-11-27(17-20(4)5)12-8-14-29(25(31)15-19(2)3)23-10-9-22(26)16-21(23)18-28/h9-10,16,19-20H,6-8,11-15,17-18H2,1-5H3. The Kier molecular flexibility index (Phi) is 9.94. The molecular formula is C25H40FN3O2. The van der Waals surface area contributed by atoms with E-state index in [-0.39, 0.29) is 23.5 Å². The maximum atomic E-state index is 14.2. The molecule has 1 aliphatic rings. The van der Waals surface area contributed by atoms with Crippen molar-refractivity contribution in [2.24, 2.45) is 11.8 Å². The predicted molar refractivity (Wildman–Crippen MR) is 124 cm³/mol. The molecular weight excluding hydrogens is 393 g/mol. The first-order valence-electron chi connectivity index (χ1n) is 11.8. The zero-order chi connectivity index (χ0) is 23.0. The normalized spacial score (nSPS) is 16.8. The molecule has 0 spiro atoms. The van der Waals surface area contributed by atoms with Gasteiger partial charge in [0.05, 0.1) is 0 Å². The minimum absolute atomic E-state index is 0.0581. The van der Waals surface area contributed by atoms with E-state index >= 15 is 0 Å². The van der Waals surface area contributed by atoms with Gasteiger partial charge in [0.15, 0.2) is 0 Å². The molecule has 0 aliphatic carbocycles. The molecule has 0 N–H and O–H groups in total. The largest absolute Gasteiger partial charge is 0.338 e. The van der Waals surface area contributed by atoms with Crippen LogP contribution in [0.5, 0.6) is 0 Å². The van der Waals surface area contributed by atoms with Gasteiger partial charge in [0.1, 0.15) is 5.82 Å². The van der Waals surface area contributed by atoms with Gasteiger partial charge < -0.3 is 14.7 Å². The molecule has 0 aromatic heterocycles. The molecule has 0 bridgehead atoms. The molecule has 1 aliphatic heterocycles. The molecule has 0 unspecified atom stereocenters. The maximum Gasteiger partial charge on any atom is 0.227 e. The number of fused-ring (bicyclic) bond motifs is 1. The van der Waals surface area contributed by atoms with E-state index < -0.39 is 0 Å². The predicted octanol–water partition coefficient (Wildman–Crippen LogP) is 4.70. The van der Waals surface area contributed by atoms with Crippen LogP contribution < -0.4 is 4.90 Å². The third-order valence-corrected chi connectivity index (χ3v) is 5.61. The third-order valence-electron chi connectivity index (χ3n) is 5.61. The monoisotopic (exact) mass is 433 g/mol. The number of amides is 2. The Labute approximate surface area is 187 Å². The van der Waals surface area contributed by atoms with Crippen LogP contribution >= 0.6 is 0 Å². The lowest BCUT2D eigenvalue weighted by Crippen LogP contribution is -2.39. The number of carbonyl (C=O) groups is 2. The summed E-state index contributed by atoms with van der Waals surface area (Å²) in [6.45, 7) is 14.7. The van der Waals surface area contributed by atoms with Crippen molar-refractivity contribution >= 4 is 17.5 Å². The highest BCUT2D eigenvalue weighted by atomic mass is 19.1. The lowest BCUT2D eigenvalue weighted by molar-refractivity contribution is -0.131. The maximum absolute atomic E-state index is 14.2. The summed E-state index contributed by atoms with van der Waals surface area (Å²) in [5.41, 5.74) is 1.44. The third kappa shape index (κ3) is 7.91. The van der Waals surface area contributed by atoms with E-state index in [4.69, 9.17) is 0 Å². The van der Waals surface area contributed by atoms with E-state index in [9.17, 15) is 14.0 Å². The van der Waals surface area contributed by atoms with Crippen LogP contribution in [0.25, 0.3) is 0 Å². The molecule has 0 atom stereocenters. The van der Waals surface area contributed by atoms with Crippen molar-refractivity contribution in [3.63, 3.8) is 0 Å². The van der Waals surface area contributed by atoms with Gasteiger partial charge in [0.25, 0.3) is 0 Å². The summed E-state index contributed by atoms with van der Waals surface area (Å²) in [5.74, 6) is 0.581. The highest BCUT2D eigenvalue weighted by Gasteiger charge is 2.23. The zero-order valence-corrected chi connectivity index (χ0v) is 20.0. The van der Waals surface area contributed by atoms with Crippen molar-refractivity contribution in [2.45, 2.75) is 66.8 Å². The first kappa shape index (κ1) is 25.3. The Morgan fingerprint density at radius 1 is 0.968 bits per heavy atom. The molecule has 0 radical (unpaired) electrons. The Hall–Kier alpha value is -1.95. The Morgan fingerprint density at radius 3 is 2.26 bits per heavy atom. The van der Waals surface area contributed by atoms with E-state index in [0.29, 0.717) is 44.0 Å². The van der Waals surface area contributed by atoms with Crippen molar-refractivity contribution < 1.29 is 14.0 Å². The number of halogens is 1. The molecule has 31 heavy (non-hydrogen) atoms. The molecule has 2 amide bonds. The van der Waals surface area contributed by atoms with Gasteiger partial charge in [-0.15, -0.1) is 0 Å². The average molecular weight is 434 g/mol. The number of nitrogens with zero attached hydrogens (tertiary/aromatic N) is 3. The molecule has 174 valence electrons. The van der Waals surface area contributed by atoms with Crippen LogP contribution in [-0.2, 0) is 16.1 Å². The minimum Gasteiger partial charge on any atom is -0.338 e. The molecule has 5 nitrogen and oxygen atoms in total. The Balaban J connectivity index is 2.42. The SMILES string of the molecule is CCC(=O)N1CCCN(CC(C)C)CCCN(C(=O)CC(C)C)c2ccc(F)cc2C1. The first-order chi connectivity index (χ1) is 14.7. The number of anilines is 1. The van der Waals surface area contributed by atoms with Crippen molar-refractivity contribution in [1.82, 2.24) is 9.80 Å². The van der Waals surface area contributed by atoms with Crippen molar-refractivity contribution in [1.29, 1.82) is 0 Å². The number of rotatable bonds is 5. The van der Waals surface area contributed by atoms with E-state index in [1.165, 1.54) is 12.1 Å². The lowest BCUT2D eigenvalue weighted by atomic mass is 10.1. The summed E-state index contributed by atoms with van der Waals surface area (Å²) >= 11 is 0. The molecule has 0 saturated heterocycles. The van der Waals surface area contributed by atoms with E-state index in [0.717, 1.165) is 38.2 Å². The smallest absolute Gasteiger partial charge is 0.227 e. The van der Waals surface area contributed by atoms with Crippen molar-refractivity contribution in [2.75, 3.05) is 37.6 Å². The van der Waals surface area contributed by atoms with Gasteiger partial charge in [-0.05, 0) is 61.5 Å². The molecule has 1 aromatic rings. The molecule has 2 rings (SSSR count). The fourth-order valence-electron chi connectivity index (χ4n) is 4.25. The number of hydrogen-bond acceptors (Lipinski definition) is 3. The molecule has 1 heterocycles. The second-order valence-corrected chi connectivity index (χ2v) is 9.49. The summed E-state index contributed by atoms with van der Waals surface area (Å²) in [4.78, 5) is 31.9. The van der Waals surface area contributed by atoms with Crippen LogP contribution in [0.2, 0.25) is 0 Å². The van der Waals surface area contributed by atoms with Gasteiger partial charge in [-0.1, -0.05) is 34.6 Å². The number of carbonyl (C=O) groups excluding carboxylic acids is 2. The first-order valence-corrected chi connectivity index (χ1v) is 11.8. The van der Waals surface area contributed by atoms with E-state index in [1.807, 2.05) is 30.6 Å². The van der Waals surface area contributed by atoms with E-state index in [1.54, 1.807) is 6.07 Å². The van der Waals surface area contributed by atoms with Gasteiger partial charge in [-0.25, -0.2) is 4.39 Å².